The van der Waals surface area contributed by atoms with Crippen LogP contribution in [0, 0.1) is 0 Å². The maximum absolute atomic E-state index is 8.72. The number of benzene rings is 1. The van der Waals surface area contributed by atoms with Gasteiger partial charge in [0.15, 0.2) is 0 Å². The molecule has 0 aliphatic rings. The predicted molar refractivity (Wildman–Crippen MR) is 65.4 cm³/mol. The van der Waals surface area contributed by atoms with Crippen LogP contribution >= 0.6 is 11.6 Å². The minimum atomic E-state index is 0.0350. The molecule has 0 aliphatic heterocycles. The summed E-state index contributed by atoms with van der Waals surface area (Å²) >= 11 is 6.20. The van der Waals surface area contributed by atoms with Crippen molar-refractivity contribution in [3.63, 3.8) is 0 Å². The van der Waals surface area contributed by atoms with E-state index in [0.717, 1.165) is 24.8 Å². The van der Waals surface area contributed by atoms with E-state index in [0.29, 0.717) is 0 Å². The molecule has 0 aromatic heterocycles. The smallest absolute Gasteiger partial charge is 0.0586 e. The molecule has 0 aliphatic carbocycles. The van der Waals surface area contributed by atoms with Gasteiger partial charge in [-0.2, -0.15) is 0 Å². The maximum Gasteiger partial charge on any atom is 0.0586 e. The standard InChI is InChI=1S/C13H19ClO/c1-2-4-11-6-8-12(9-7-11)13(14)5-3-10-15/h6-9,13,15H,2-5,10H2,1H3. The van der Waals surface area contributed by atoms with Crippen LogP contribution < -0.4 is 0 Å². The molecule has 0 spiro atoms. The second kappa shape index (κ2) is 6.86. The fraction of sp³-hybridized carbons (Fsp3) is 0.538. The van der Waals surface area contributed by atoms with Crippen molar-refractivity contribution in [3.05, 3.63) is 35.4 Å². The van der Waals surface area contributed by atoms with E-state index in [4.69, 9.17) is 16.7 Å². The third kappa shape index (κ3) is 4.23. The van der Waals surface area contributed by atoms with E-state index in [-0.39, 0.29) is 12.0 Å². The third-order valence-electron chi connectivity index (χ3n) is 2.50. The lowest BCUT2D eigenvalue weighted by Gasteiger charge is -2.09. The van der Waals surface area contributed by atoms with Crippen LogP contribution in [0.25, 0.3) is 0 Å². The van der Waals surface area contributed by atoms with Crippen LogP contribution in [0.3, 0.4) is 0 Å². The maximum atomic E-state index is 8.72. The van der Waals surface area contributed by atoms with Gasteiger partial charge in [-0.25, -0.2) is 0 Å². The molecule has 1 rings (SSSR count). The second-order valence-corrected chi connectivity index (χ2v) is 4.35. The highest BCUT2D eigenvalue weighted by molar-refractivity contribution is 6.20. The first-order chi connectivity index (χ1) is 7.27. The Kier molecular flexibility index (Phi) is 5.74. The molecule has 1 aromatic rings. The zero-order valence-corrected chi connectivity index (χ0v) is 10.0. The van der Waals surface area contributed by atoms with Crippen molar-refractivity contribution in [2.24, 2.45) is 0 Å². The lowest BCUT2D eigenvalue weighted by Crippen LogP contribution is -1.93. The molecule has 0 radical (unpaired) electrons. The fourth-order valence-electron chi connectivity index (χ4n) is 1.62. The number of halogens is 1. The Labute approximate surface area is 97.1 Å². The van der Waals surface area contributed by atoms with E-state index in [1.165, 1.54) is 12.0 Å². The molecule has 15 heavy (non-hydrogen) atoms. The van der Waals surface area contributed by atoms with Gasteiger partial charge in [0.05, 0.1) is 5.38 Å². The summed E-state index contributed by atoms with van der Waals surface area (Å²) in [6.45, 7) is 2.40. The Bertz CT molecular complexity index is 268. The van der Waals surface area contributed by atoms with Crippen LogP contribution in [0.1, 0.15) is 42.7 Å². The highest BCUT2D eigenvalue weighted by Gasteiger charge is 2.06. The third-order valence-corrected chi connectivity index (χ3v) is 2.97. The van der Waals surface area contributed by atoms with E-state index >= 15 is 0 Å². The number of aryl methyl sites for hydroxylation is 1. The first-order valence-electron chi connectivity index (χ1n) is 5.61. The Hall–Kier alpha value is -0.530. The van der Waals surface area contributed by atoms with Crippen LogP contribution in [0.2, 0.25) is 0 Å². The van der Waals surface area contributed by atoms with Crippen molar-refractivity contribution in [1.82, 2.24) is 0 Å². The number of alkyl halides is 1. The van der Waals surface area contributed by atoms with Crippen molar-refractivity contribution in [1.29, 1.82) is 0 Å². The van der Waals surface area contributed by atoms with Crippen LogP contribution in [0.5, 0.6) is 0 Å². The van der Waals surface area contributed by atoms with Crippen LogP contribution in [-0.4, -0.2) is 11.7 Å². The number of hydrogen-bond acceptors (Lipinski definition) is 1. The molecule has 1 unspecified atom stereocenters. The Morgan fingerprint density at radius 2 is 1.93 bits per heavy atom. The quantitative estimate of drug-likeness (QED) is 0.734. The summed E-state index contributed by atoms with van der Waals surface area (Å²) in [4.78, 5) is 0. The fourth-order valence-corrected chi connectivity index (χ4v) is 1.92. The molecule has 84 valence electrons. The molecule has 0 bridgehead atoms. The summed E-state index contributed by atoms with van der Waals surface area (Å²) in [7, 11) is 0. The molecule has 0 saturated heterocycles. The van der Waals surface area contributed by atoms with Crippen molar-refractivity contribution < 1.29 is 5.11 Å². The van der Waals surface area contributed by atoms with Gasteiger partial charge in [-0.15, -0.1) is 11.6 Å². The second-order valence-electron chi connectivity index (χ2n) is 3.82. The molecule has 2 heteroatoms. The zero-order valence-electron chi connectivity index (χ0n) is 9.25. The van der Waals surface area contributed by atoms with Crippen molar-refractivity contribution >= 4 is 11.6 Å². The van der Waals surface area contributed by atoms with Gasteiger partial charge in [0.2, 0.25) is 0 Å². The van der Waals surface area contributed by atoms with Crippen LogP contribution in [-0.2, 0) is 6.42 Å². The Morgan fingerprint density at radius 3 is 2.47 bits per heavy atom. The number of hydrogen-bond donors (Lipinski definition) is 1. The van der Waals surface area contributed by atoms with Crippen molar-refractivity contribution in [2.45, 2.75) is 38.0 Å². The molecular formula is C13H19ClO. The average molecular weight is 227 g/mol. The summed E-state index contributed by atoms with van der Waals surface area (Å²) in [5.74, 6) is 0. The van der Waals surface area contributed by atoms with Crippen LogP contribution in [0.4, 0.5) is 0 Å². The Balaban J connectivity index is 2.54. The largest absolute Gasteiger partial charge is 0.396 e. The van der Waals surface area contributed by atoms with E-state index in [2.05, 4.69) is 31.2 Å². The monoisotopic (exact) mass is 226 g/mol. The first kappa shape index (κ1) is 12.5. The van der Waals surface area contributed by atoms with Gasteiger partial charge in [0.25, 0.3) is 0 Å². The van der Waals surface area contributed by atoms with Gasteiger partial charge in [-0.3, -0.25) is 0 Å². The van der Waals surface area contributed by atoms with Crippen molar-refractivity contribution in [2.75, 3.05) is 6.61 Å². The topological polar surface area (TPSA) is 20.2 Å². The highest BCUT2D eigenvalue weighted by Crippen LogP contribution is 2.25. The van der Waals surface area contributed by atoms with Crippen molar-refractivity contribution in [3.8, 4) is 0 Å². The lowest BCUT2D eigenvalue weighted by molar-refractivity contribution is 0.284. The van der Waals surface area contributed by atoms with E-state index in [1.807, 2.05) is 0 Å². The first-order valence-corrected chi connectivity index (χ1v) is 6.05. The zero-order chi connectivity index (χ0) is 11.1. The molecule has 0 saturated carbocycles. The molecule has 1 nitrogen and oxygen atoms in total. The highest BCUT2D eigenvalue weighted by atomic mass is 35.5. The van der Waals surface area contributed by atoms with Crippen LogP contribution in [0.15, 0.2) is 24.3 Å². The number of aliphatic hydroxyl groups is 1. The van der Waals surface area contributed by atoms with E-state index in [9.17, 15) is 0 Å². The van der Waals surface area contributed by atoms with Gasteiger partial charge in [-0.1, -0.05) is 37.6 Å². The van der Waals surface area contributed by atoms with E-state index in [1.54, 1.807) is 0 Å². The predicted octanol–water partition coefficient (Wildman–Crippen LogP) is 3.69. The number of aliphatic hydroxyl groups excluding tert-OH is 1. The summed E-state index contributed by atoms with van der Waals surface area (Å²) in [5.41, 5.74) is 2.53. The van der Waals surface area contributed by atoms with Gasteiger partial charge >= 0.3 is 0 Å². The average Bonchev–Trinajstić information content (AvgIpc) is 2.27. The summed E-state index contributed by atoms with van der Waals surface area (Å²) < 4.78 is 0. The summed E-state index contributed by atoms with van der Waals surface area (Å²) in [6.07, 6.45) is 3.91. The summed E-state index contributed by atoms with van der Waals surface area (Å²) in [5, 5.41) is 8.75. The number of rotatable bonds is 6. The molecule has 1 aromatic carbocycles. The van der Waals surface area contributed by atoms with Gasteiger partial charge in [0.1, 0.15) is 0 Å². The van der Waals surface area contributed by atoms with Gasteiger partial charge < -0.3 is 5.11 Å². The minimum Gasteiger partial charge on any atom is -0.396 e. The summed E-state index contributed by atoms with van der Waals surface area (Å²) in [6, 6.07) is 8.49. The lowest BCUT2D eigenvalue weighted by atomic mass is 10.0. The van der Waals surface area contributed by atoms with E-state index < -0.39 is 0 Å². The molecule has 0 heterocycles. The molecule has 1 N–H and O–H groups in total. The van der Waals surface area contributed by atoms with Gasteiger partial charge in [-0.05, 0) is 30.4 Å². The molecule has 1 atom stereocenters. The molecule has 0 amide bonds. The normalized spacial score (nSPS) is 12.7. The Morgan fingerprint density at radius 1 is 1.27 bits per heavy atom. The van der Waals surface area contributed by atoms with Gasteiger partial charge in [0, 0.05) is 6.61 Å². The molecule has 0 fully saturated rings. The minimum absolute atomic E-state index is 0.0350. The molecular weight excluding hydrogens is 208 g/mol. The SMILES string of the molecule is CCCc1ccc(C(Cl)CCCO)cc1.